The van der Waals surface area contributed by atoms with Crippen LogP contribution in [0.3, 0.4) is 0 Å². The van der Waals surface area contributed by atoms with Gasteiger partial charge in [0.15, 0.2) is 0 Å². The molecule has 10 heteroatoms. The van der Waals surface area contributed by atoms with Crippen LogP contribution in [0.25, 0.3) is 11.1 Å². The van der Waals surface area contributed by atoms with Crippen molar-refractivity contribution >= 4 is 34.8 Å². The van der Waals surface area contributed by atoms with Crippen molar-refractivity contribution in [2.75, 3.05) is 6.54 Å². The smallest absolute Gasteiger partial charge is 0.416 e. The van der Waals surface area contributed by atoms with E-state index >= 15 is 0 Å². The van der Waals surface area contributed by atoms with E-state index in [2.05, 4.69) is 5.32 Å². The first-order valence-corrected chi connectivity index (χ1v) is 12.3. The van der Waals surface area contributed by atoms with Crippen molar-refractivity contribution in [2.24, 2.45) is 0 Å². The van der Waals surface area contributed by atoms with Crippen molar-refractivity contribution in [1.29, 1.82) is 0 Å². The van der Waals surface area contributed by atoms with Gasteiger partial charge in [0.1, 0.15) is 16.7 Å². The number of benzene rings is 2. The average Bonchev–Trinajstić information content (AvgIpc) is 3.18. The van der Waals surface area contributed by atoms with E-state index < -0.39 is 23.6 Å². The molecule has 0 aliphatic rings. The van der Waals surface area contributed by atoms with Crippen LogP contribution in [-0.2, 0) is 11.0 Å². The highest BCUT2D eigenvalue weighted by Gasteiger charge is 2.30. The van der Waals surface area contributed by atoms with E-state index in [9.17, 15) is 22.8 Å². The third-order valence-corrected chi connectivity index (χ3v) is 7.15. The number of amides is 1. The molecule has 0 spiro atoms. The number of carbonyl (C=O) groups is 2. The lowest BCUT2D eigenvalue weighted by molar-refractivity contribution is -0.138. The lowest BCUT2D eigenvalue weighted by Gasteiger charge is -2.19. The van der Waals surface area contributed by atoms with E-state index in [0.29, 0.717) is 17.7 Å². The largest absolute Gasteiger partial charge is 0.485 e. The van der Waals surface area contributed by atoms with Crippen molar-refractivity contribution in [3.05, 3.63) is 73.9 Å². The van der Waals surface area contributed by atoms with Crippen molar-refractivity contribution in [2.45, 2.75) is 45.9 Å². The van der Waals surface area contributed by atoms with Gasteiger partial charge >= 0.3 is 12.1 Å². The van der Waals surface area contributed by atoms with E-state index in [1.54, 1.807) is 6.07 Å². The maximum absolute atomic E-state index is 12.9. The summed E-state index contributed by atoms with van der Waals surface area (Å²) in [6, 6.07) is 10.4. The van der Waals surface area contributed by atoms with Crippen LogP contribution in [0.2, 0.25) is 5.02 Å². The Labute approximate surface area is 215 Å². The summed E-state index contributed by atoms with van der Waals surface area (Å²) in [6.45, 7) is 5.67. The molecule has 3 aromatic rings. The Morgan fingerprint density at radius 3 is 2.25 bits per heavy atom. The predicted octanol–water partition coefficient (Wildman–Crippen LogP) is 7.44. The summed E-state index contributed by atoms with van der Waals surface area (Å²) >= 11 is 7.45. The number of thiophene rings is 1. The van der Waals surface area contributed by atoms with Gasteiger partial charge < -0.3 is 15.2 Å². The Kier molecular flexibility index (Phi) is 8.68. The van der Waals surface area contributed by atoms with E-state index in [-0.39, 0.29) is 29.0 Å². The number of rotatable bonds is 9. The third-order valence-electron chi connectivity index (χ3n) is 5.51. The molecule has 0 radical (unpaired) electrons. The molecule has 2 aromatic carbocycles. The van der Waals surface area contributed by atoms with Gasteiger partial charge in [0.05, 0.1) is 17.0 Å². The molecule has 5 nitrogen and oxygen atoms in total. The molecular weight excluding hydrogens is 515 g/mol. The fourth-order valence-corrected chi connectivity index (χ4v) is 5.31. The van der Waals surface area contributed by atoms with Crippen LogP contribution in [0.5, 0.6) is 5.75 Å². The Bertz CT molecular complexity index is 1230. The standard InChI is InChI=1S/C26H25ClF3NO4S/c1-4-20(21-13-19(27)24(36-21)25(34)31-10-9-22(32)33)35-18-11-14(2)23(15(3)12-18)16-5-7-17(8-6-16)26(28,29)30/h5-8,11-13,20H,4,9-10H2,1-3H3,(H,31,34)(H,32,33)/t20-/m1/s1. The number of carbonyl (C=O) groups excluding carboxylic acids is 1. The summed E-state index contributed by atoms with van der Waals surface area (Å²) in [5, 5.41) is 11.5. The fraction of sp³-hybridized carbons (Fsp3) is 0.308. The van der Waals surface area contributed by atoms with Crippen molar-refractivity contribution in [3.63, 3.8) is 0 Å². The van der Waals surface area contributed by atoms with Crippen LogP contribution < -0.4 is 10.1 Å². The lowest BCUT2D eigenvalue weighted by atomic mass is 9.94. The maximum Gasteiger partial charge on any atom is 0.416 e. The predicted molar refractivity (Wildman–Crippen MR) is 134 cm³/mol. The number of hydrogen-bond donors (Lipinski definition) is 2. The minimum absolute atomic E-state index is 0.00469. The molecule has 1 heterocycles. The number of hydrogen-bond acceptors (Lipinski definition) is 4. The summed E-state index contributed by atoms with van der Waals surface area (Å²) < 4.78 is 45.0. The zero-order valence-electron chi connectivity index (χ0n) is 19.8. The molecule has 192 valence electrons. The molecule has 1 amide bonds. The summed E-state index contributed by atoms with van der Waals surface area (Å²) in [7, 11) is 0. The van der Waals surface area contributed by atoms with Gasteiger partial charge in [-0.1, -0.05) is 30.7 Å². The molecule has 2 N–H and O–H groups in total. The van der Waals surface area contributed by atoms with Gasteiger partial charge in [-0.25, -0.2) is 0 Å². The maximum atomic E-state index is 12.9. The number of carboxylic acids is 1. The molecule has 0 saturated heterocycles. The van der Waals surface area contributed by atoms with E-state index in [1.165, 1.54) is 23.5 Å². The second kappa shape index (κ2) is 11.3. The Morgan fingerprint density at radius 2 is 1.72 bits per heavy atom. The Morgan fingerprint density at radius 1 is 1.11 bits per heavy atom. The summed E-state index contributed by atoms with van der Waals surface area (Å²) in [6.07, 6.45) is -4.37. The minimum atomic E-state index is -4.39. The monoisotopic (exact) mass is 539 g/mol. The van der Waals surface area contributed by atoms with Crippen molar-refractivity contribution < 1.29 is 32.6 Å². The zero-order chi connectivity index (χ0) is 26.6. The van der Waals surface area contributed by atoms with Crippen LogP contribution in [0.4, 0.5) is 13.2 Å². The van der Waals surface area contributed by atoms with Crippen LogP contribution >= 0.6 is 22.9 Å². The van der Waals surface area contributed by atoms with Crippen LogP contribution in [0.15, 0.2) is 42.5 Å². The van der Waals surface area contributed by atoms with Crippen LogP contribution in [0, 0.1) is 13.8 Å². The quantitative estimate of drug-likeness (QED) is 0.296. The minimum Gasteiger partial charge on any atom is -0.485 e. The van der Waals surface area contributed by atoms with Gasteiger partial charge in [0.2, 0.25) is 0 Å². The normalized spacial score (nSPS) is 12.3. The number of halogens is 4. The van der Waals surface area contributed by atoms with Gasteiger partial charge in [-0.3, -0.25) is 9.59 Å². The highest BCUT2D eigenvalue weighted by molar-refractivity contribution is 7.14. The van der Waals surface area contributed by atoms with Crippen LogP contribution in [-0.4, -0.2) is 23.5 Å². The lowest BCUT2D eigenvalue weighted by Crippen LogP contribution is -2.25. The first-order valence-electron chi connectivity index (χ1n) is 11.2. The Balaban J connectivity index is 1.80. The molecule has 0 aliphatic heterocycles. The third kappa shape index (κ3) is 6.59. The van der Waals surface area contributed by atoms with Gasteiger partial charge in [-0.2, -0.15) is 13.2 Å². The van der Waals surface area contributed by atoms with Crippen LogP contribution in [0.1, 0.15) is 57.1 Å². The van der Waals surface area contributed by atoms with Crippen molar-refractivity contribution in [3.8, 4) is 16.9 Å². The first kappa shape index (κ1) is 27.5. The van der Waals surface area contributed by atoms with Gasteiger partial charge in [0, 0.05) is 11.4 Å². The molecule has 1 aromatic heterocycles. The molecule has 0 bridgehead atoms. The molecule has 0 saturated carbocycles. The van der Waals surface area contributed by atoms with Gasteiger partial charge in [-0.15, -0.1) is 11.3 Å². The highest BCUT2D eigenvalue weighted by atomic mass is 35.5. The molecule has 0 aliphatic carbocycles. The summed E-state index contributed by atoms with van der Waals surface area (Å²) in [5.41, 5.74) is 2.52. The number of carboxylic acid groups (broad SMARTS) is 1. The Hall–Kier alpha value is -3.04. The summed E-state index contributed by atoms with van der Waals surface area (Å²) in [5.74, 6) is -0.868. The van der Waals surface area contributed by atoms with Crippen molar-refractivity contribution in [1.82, 2.24) is 5.32 Å². The van der Waals surface area contributed by atoms with Gasteiger partial charge in [0.25, 0.3) is 5.91 Å². The van der Waals surface area contributed by atoms with Gasteiger partial charge in [-0.05, 0) is 72.9 Å². The molecule has 1 atom stereocenters. The zero-order valence-corrected chi connectivity index (χ0v) is 21.4. The average molecular weight is 540 g/mol. The molecular formula is C26H25ClF3NO4S. The highest BCUT2D eigenvalue weighted by Crippen LogP contribution is 2.38. The molecule has 3 rings (SSSR count). The number of aryl methyl sites for hydroxylation is 2. The molecule has 36 heavy (non-hydrogen) atoms. The first-order chi connectivity index (χ1) is 16.9. The number of ether oxygens (including phenoxy) is 1. The number of nitrogens with one attached hydrogen (secondary N) is 1. The summed E-state index contributed by atoms with van der Waals surface area (Å²) in [4.78, 5) is 24.1. The second-order valence-electron chi connectivity index (χ2n) is 8.25. The molecule has 0 unspecified atom stereocenters. The SMILES string of the molecule is CC[C@@H](Oc1cc(C)c(-c2ccc(C(F)(F)F)cc2)c(C)c1)c1cc(Cl)c(C(=O)NCCC(=O)O)s1. The van der Waals surface area contributed by atoms with E-state index in [4.69, 9.17) is 21.4 Å². The topological polar surface area (TPSA) is 75.6 Å². The number of aliphatic carboxylic acids is 1. The van der Waals surface area contributed by atoms with E-state index in [1.807, 2.05) is 32.9 Å². The molecule has 0 fully saturated rings. The van der Waals surface area contributed by atoms with E-state index in [0.717, 1.165) is 33.7 Å². The second-order valence-corrected chi connectivity index (χ2v) is 9.74. The fourth-order valence-electron chi connectivity index (χ4n) is 3.84. The number of alkyl halides is 3.